The Kier molecular flexibility index (Phi) is 5.77. The molecule has 2 aliphatic heterocycles. The molecule has 32 heavy (non-hydrogen) atoms. The molecular formula is C22H22F3N5O2. The Balaban J connectivity index is 1.61. The number of ether oxygens (including phenoxy) is 1. The highest BCUT2D eigenvalue weighted by Gasteiger charge is 2.51. The monoisotopic (exact) mass is 445 g/mol. The van der Waals surface area contributed by atoms with E-state index in [2.05, 4.69) is 9.97 Å². The normalized spacial score (nSPS) is 23.0. The Morgan fingerprint density at radius 2 is 2.16 bits per heavy atom. The van der Waals surface area contributed by atoms with Crippen LogP contribution in [0.5, 0.6) is 0 Å². The van der Waals surface area contributed by atoms with Crippen molar-refractivity contribution in [2.75, 3.05) is 44.8 Å². The van der Waals surface area contributed by atoms with Crippen LogP contribution < -0.4 is 4.90 Å². The standard InChI is InChI=1S/C22H22F3N5O2/c1-32-14-21-12-29(20(31)19-10-27-5-6-28-19)7-4-16(21)11-30(13-21)17-3-2-15(9-26)18(8-17)22(23,24)25/h2-3,5-6,8,10,16H,4,7,11-14H2,1H3. The van der Waals surface area contributed by atoms with Crippen molar-refractivity contribution in [3.05, 3.63) is 53.6 Å². The molecule has 2 unspecified atom stereocenters. The lowest BCUT2D eigenvalue weighted by Gasteiger charge is -2.43. The highest BCUT2D eigenvalue weighted by molar-refractivity contribution is 5.92. The largest absolute Gasteiger partial charge is 0.417 e. The van der Waals surface area contributed by atoms with Crippen LogP contribution in [-0.4, -0.2) is 60.7 Å². The summed E-state index contributed by atoms with van der Waals surface area (Å²) < 4.78 is 45.9. The minimum Gasteiger partial charge on any atom is -0.384 e. The van der Waals surface area contributed by atoms with Crippen molar-refractivity contribution in [3.63, 3.8) is 0 Å². The lowest BCUT2D eigenvalue weighted by atomic mass is 9.74. The summed E-state index contributed by atoms with van der Waals surface area (Å²) in [4.78, 5) is 24.6. The second kappa shape index (κ2) is 8.39. The summed E-state index contributed by atoms with van der Waals surface area (Å²) in [7, 11) is 1.58. The maximum atomic E-state index is 13.5. The van der Waals surface area contributed by atoms with Gasteiger partial charge in [0.2, 0.25) is 0 Å². The van der Waals surface area contributed by atoms with Crippen molar-refractivity contribution in [1.82, 2.24) is 14.9 Å². The van der Waals surface area contributed by atoms with Crippen LogP contribution in [0.15, 0.2) is 36.8 Å². The van der Waals surface area contributed by atoms with Crippen LogP contribution in [0.1, 0.15) is 28.0 Å². The van der Waals surface area contributed by atoms with Gasteiger partial charge in [0, 0.05) is 56.8 Å². The van der Waals surface area contributed by atoms with E-state index in [-0.39, 0.29) is 17.5 Å². The van der Waals surface area contributed by atoms with E-state index in [1.165, 1.54) is 24.7 Å². The second-order valence-corrected chi connectivity index (χ2v) is 8.32. The molecule has 3 heterocycles. The predicted octanol–water partition coefficient (Wildman–Crippen LogP) is 2.98. The molecule has 1 aromatic carbocycles. The zero-order valence-electron chi connectivity index (χ0n) is 17.5. The molecule has 2 atom stereocenters. The Labute approximate surface area is 183 Å². The highest BCUT2D eigenvalue weighted by atomic mass is 19.4. The first kappa shape index (κ1) is 22.0. The quantitative estimate of drug-likeness (QED) is 0.720. The molecular weight excluding hydrogens is 423 g/mol. The van der Waals surface area contributed by atoms with Crippen molar-refractivity contribution in [3.8, 4) is 6.07 Å². The number of piperidine rings is 1. The fraction of sp³-hybridized carbons (Fsp3) is 0.455. The summed E-state index contributed by atoms with van der Waals surface area (Å²) in [6.07, 6.45) is 0.474. The maximum Gasteiger partial charge on any atom is 0.417 e. The number of halogens is 3. The van der Waals surface area contributed by atoms with Gasteiger partial charge in [-0.15, -0.1) is 0 Å². The number of rotatable bonds is 4. The van der Waals surface area contributed by atoms with Gasteiger partial charge in [0.15, 0.2) is 0 Å². The Morgan fingerprint density at radius 1 is 1.34 bits per heavy atom. The lowest BCUT2D eigenvalue weighted by Crippen LogP contribution is -2.53. The topological polar surface area (TPSA) is 82.3 Å². The molecule has 0 radical (unpaired) electrons. The number of aromatic nitrogens is 2. The summed E-state index contributed by atoms with van der Waals surface area (Å²) in [6.45, 7) is 2.32. The molecule has 2 aromatic rings. The molecule has 2 saturated heterocycles. The number of amides is 1. The summed E-state index contributed by atoms with van der Waals surface area (Å²) >= 11 is 0. The molecule has 10 heteroatoms. The molecule has 168 valence electrons. The van der Waals surface area contributed by atoms with E-state index in [1.807, 2.05) is 4.90 Å². The van der Waals surface area contributed by atoms with E-state index in [0.717, 1.165) is 6.07 Å². The van der Waals surface area contributed by atoms with Gasteiger partial charge < -0.3 is 14.5 Å². The second-order valence-electron chi connectivity index (χ2n) is 8.32. The fourth-order valence-electron chi connectivity index (χ4n) is 4.88. The minimum absolute atomic E-state index is 0.151. The van der Waals surface area contributed by atoms with Gasteiger partial charge in [0.1, 0.15) is 5.69 Å². The summed E-state index contributed by atoms with van der Waals surface area (Å²) in [5, 5.41) is 9.07. The van der Waals surface area contributed by atoms with Gasteiger partial charge in [-0.2, -0.15) is 18.4 Å². The van der Waals surface area contributed by atoms with Gasteiger partial charge in [-0.1, -0.05) is 0 Å². The molecule has 0 spiro atoms. The SMILES string of the molecule is COCC12CN(C(=O)c3cnccn3)CCC1CN(c1ccc(C#N)c(C(F)(F)F)c1)C2. The lowest BCUT2D eigenvalue weighted by molar-refractivity contribution is -0.137. The number of nitrogens with zero attached hydrogens (tertiary/aromatic N) is 5. The molecule has 0 bridgehead atoms. The van der Waals surface area contributed by atoms with Crippen LogP contribution in [0.4, 0.5) is 18.9 Å². The number of hydrogen-bond acceptors (Lipinski definition) is 6. The maximum absolute atomic E-state index is 13.5. The average molecular weight is 445 g/mol. The van der Waals surface area contributed by atoms with Crippen molar-refractivity contribution >= 4 is 11.6 Å². The minimum atomic E-state index is -4.61. The van der Waals surface area contributed by atoms with Crippen molar-refractivity contribution < 1.29 is 22.7 Å². The van der Waals surface area contributed by atoms with Crippen molar-refractivity contribution in [2.45, 2.75) is 12.6 Å². The number of carbonyl (C=O) groups is 1. The van der Waals surface area contributed by atoms with Gasteiger partial charge in [-0.05, 0) is 30.5 Å². The summed E-state index contributed by atoms with van der Waals surface area (Å²) in [5.74, 6) is -0.0680. The van der Waals surface area contributed by atoms with Gasteiger partial charge in [-0.3, -0.25) is 9.78 Å². The first-order chi connectivity index (χ1) is 15.3. The molecule has 2 aliphatic rings. The predicted molar refractivity (Wildman–Crippen MR) is 109 cm³/mol. The van der Waals surface area contributed by atoms with Crippen LogP contribution >= 0.6 is 0 Å². The Morgan fingerprint density at radius 3 is 2.81 bits per heavy atom. The van der Waals surface area contributed by atoms with Gasteiger partial charge in [0.25, 0.3) is 5.91 Å². The third-order valence-corrected chi connectivity index (χ3v) is 6.36. The van der Waals surface area contributed by atoms with Gasteiger partial charge >= 0.3 is 6.18 Å². The first-order valence-electron chi connectivity index (χ1n) is 10.2. The number of benzene rings is 1. The van der Waals surface area contributed by atoms with Gasteiger partial charge in [-0.25, -0.2) is 4.98 Å². The summed E-state index contributed by atoms with van der Waals surface area (Å²) in [6, 6.07) is 5.42. The fourth-order valence-corrected chi connectivity index (χ4v) is 4.88. The van der Waals surface area contributed by atoms with Crippen LogP contribution in [0.2, 0.25) is 0 Å². The Bertz CT molecular complexity index is 1040. The number of alkyl halides is 3. The van der Waals surface area contributed by atoms with Crippen LogP contribution in [0.25, 0.3) is 0 Å². The molecule has 0 saturated carbocycles. The first-order valence-corrected chi connectivity index (χ1v) is 10.2. The van der Waals surface area contributed by atoms with Crippen molar-refractivity contribution in [1.29, 1.82) is 5.26 Å². The Hall–Kier alpha value is -3.19. The molecule has 0 aliphatic carbocycles. The molecule has 7 nitrogen and oxygen atoms in total. The highest BCUT2D eigenvalue weighted by Crippen LogP contribution is 2.45. The number of anilines is 1. The number of hydrogen-bond donors (Lipinski definition) is 0. The molecule has 2 fully saturated rings. The third-order valence-electron chi connectivity index (χ3n) is 6.36. The molecule has 1 aromatic heterocycles. The zero-order chi connectivity index (χ0) is 22.9. The molecule has 0 N–H and O–H groups in total. The molecule has 4 rings (SSSR count). The van der Waals surface area contributed by atoms with Crippen LogP contribution in [0, 0.1) is 22.7 Å². The van der Waals surface area contributed by atoms with Crippen LogP contribution in [0.3, 0.4) is 0 Å². The third kappa shape index (κ3) is 4.00. The number of fused-ring (bicyclic) bond motifs is 1. The number of nitriles is 1. The smallest absolute Gasteiger partial charge is 0.384 e. The number of carbonyl (C=O) groups excluding carboxylic acids is 1. The van der Waals surface area contributed by atoms with E-state index in [4.69, 9.17) is 10.00 Å². The van der Waals surface area contributed by atoms with Crippen LogP contribution in [-0.2, 0) is 10.9 Å². The van der Waals surface area contributed by atoms with Gasteiger partial charge in [0.05, 0.1) is 30.0 Å². The van der Waals surface area contributed by atoms with E-state index in [1.54, 1.807) is 24.1 Å². The van der Waals surface area contributed by atoms with E-state index < -0.39 is 22.7 Å². The summed E-state index contributed by atoms with van der Waals surface area (Å²) in [5.41, 5.74) is -1.09. The number of likely N-dealkylation sites (tertiary alicyclic amines) is 1. The van der Waals surface area contributed by atoms with E-state index in [9.17, 15) is 18.0 Å². The van der Waals surface area contributed by atoms with E-state index in [0.29, 0.717) is 44.9 Å². The van der Waals surface area contributed by atoms with Crippen molar-refractivity contribution in [2.24, 2.45) is 11.3 Å². The average Bonchev–Trinajstić information content (AvgIpc) is 3.17. The molecule has 1 amide bonds. The number of methoxy groups -OCH3 is 1. The van der Waals surface area contributed by atoms with E-state index >= 15 is 0 Å². The zero-order valence-corrected chi connectivity index (χ0v) is 17.5.